The van der Waals surface area contributed by atoms with Gasteiger partial charge in [0.2, 0.25) is 31.9 Å². The zero-order valence-electron chi connectivity index (χ0n) is 38.4. The number of rotatable bonds is 20. The van der Waals surface area contributed by atoms with Crippen molar-refractivity contribution in [3.63, 3.8) is 0 Å². The fourth-order valence-corrected chi connectivity index (χ4v) is 6.85. The van der Waals surface area contributed by atoms with Crippen molar-refractivity contribution >= 4 is 93.1 Å². The Balaban J connectivity index is 0.000000453. The van der Waals surface area contributed by atoms with Gasteiger partial charge in [0.15, 0.2) is 11.5 Å². The number of aromatic nitrogens is 4. The largest absolute Gasteiger partial charge is 2.00 e. The first-order chi connectivity index (χ1) is 30.6. The van der Waals surface area contributed by atoms with Gasteiger partial charge < -0.3 is 40.2 Å². The van der Waals surface area contributed by atoms with Gasteiger partial charge in [-0.25, -0.2) is 54.2 Å². The quantitative estimate of drug-likeness (QED) is 0.0489. The Hall–Kier alpha value is -5.16. The van der Waals surface area contributed by atoms with Crippen LogP contribution in [0.1, 0.15) is 113 Å². The molecule has 0 saturated carbocycles. The van der Waals surface area contributed by atoms with Crippen LogP contribution in [-0.4, -0.2) is 133 Å². The molecule has 0 amide bonds. The van der Waals surface area contributed by atoms with Crippen molar-refractivity contribution in [2.45, 2.75) is 90.9 Å². The van der Waals surface area contributed by atoms with E-state index in [4.69, 9.17) is 0 Å². The zero-order chi connectivity index (χ0) is 49.8. The molecule has 18 nitrogen and oxygen atoms in total. The zero-order valence-corrected chi connectivity index (χ0v) is 42.3. The number of aliphatic carboxylic acids is 2. The third-order valence-corrected chi connectivity index (χ3v) is 12.2. The van der Waals surface area contributed by atoms with Crippen LogP contribution in [0.15, 0.2) is 60.0 Å². The van der Waals surface area contributed by atoms with Gasteiger partial charge >= 0.3 is 37.7 Å². The average Bonchev–Trinajstić information content (AvgIpc) is 3.24. The number of hydrogen-bond donors (Lipinski definition) is 4. The molecule has 2 heterocycles. The van der Waals surface area contributed by atoms with Crippen molar-refractivity contribution in [1.29, 1.82) is 0 Å². The second kappa shape index (κ2) is 25.3. The number of benzene rings is 2. The van der Waals surface area contributed by atoms with Crippen LogP contribution in [0.3, 0.4) is 0 Å². The first kappa shape index (κ1) is 58.0. The SMILES string of the molecule is CC(C)c1nc(N(C)S(C)(=O)=O)nc(-c2ccc(F)cc2)c1C(O)=C(O)CCCCC(=O)[O-].CC(C)c1nc(N(C)S(C)(=O)=O)nc(-c2ccc(F)cc2)c1C(O)=C(O)CCCCC(=O)[O-].[Ca+2]. The van der Waals surface area contributed by atoms with Crippen molar-refractivity contribution in [3.8, 4) is 22.5 Å². The molecule has 0 atom stereocenters. The van der Waals surface area contributed by atoms with Crippen molar-refractivity contribution < 1.29 is 65.8 Å². The summed E-state index contributed by atoms with van der Waals surface area (Å²) in [7, 11) is -4.84. The first-order valence-electron chi connectivity index (χ1n) is 20.5. The molecule has 0 unspecified atom stereocenters. The predicted octanol–water partition coefficient (Wildman–Crippen LogP) is 5.41. The summed E-state index contributed by atoms with van der Waals surface area (Å²) in [5.41, 5.74) is 1.67. The van der Waals surface area contributed by atoms with Gasteiger partial charge in [-0.1, -0.05) is 27.7 Å². The summed E-state index contributed by atoms with van der Waals surface area (Å²) < 4.78 is 77.1. The number of aliphatic hydroxyl groups excluding tert-OH is 4. The van der Waals surface area contributed by atoms with E-state index in [1.165, 1.54) is 62.6 Å². The molecule has 0 radical (unpaired) electrons. The van der Waals surface area contributed by atoms with Gasteiger partial charge in [0, 0.05) is 50.0 Å². The number of nitrogens with zero attached hydrogens (tertiary/aromatic N) is 6. The van der Waals surface area contributed by atoms with Crippen LogP contribution < -0.4 is 18.8 Å². The number of carboxylic acids is 2. The maximum Gasteiger partial charge on any atom is 2.00 e. The van der Waals surface area contributed by atoms with Gasteiger partial charge in [0.25, 0.3) is 0 Å². The Labute approximate surface area is 418 Å². The van der Waals surface area contributed by atoms with E-state index < -0.39 is 66.7 Å². The van der Waals surface area contributed by atoms with Gasteiger partial charge in [-0.05, 0) is 98.9 Å². The molecule has 4 aromatic rings. The summed E-state index contributed by atoms with van der Waals surface area (Å²) in [5, 5.41) is 64.0. The molecule has 0 fully saturated rings. The molecule has 0 spiro atoms. The number of carbonyl (C=O) groups is 2. The van der Waals surface area contributed by atoms with Gasteiger partial charge in [-0.3, -0.25) is 0 Å². The number of sulfonamides is 2. The van der Waals surface area contributed by atoms with E-state index in [2.05, 4.69) is 19.9 Å². The summed E-state index contributed by atoms with van der Waals surface area (Å²) >= 11 is 0. The number of carboxylic acid groups (broad SMARTS) is 2. The van der Waals surface area contributed by atoms with Gasteiger partial charge in [0.1, 0.15) is 23.2 Å². The first-order valence-corrected chi connectivity index (χ1v) is 24.2. The van der Waals surface area contributed by atoms with Crippen molar-refractivity contribution in [2.24, 2.45) is 0 Å². The fraction of sp³-hybridized carbons (Fsp3) is 0.409. The van der Waals surface area contributed by atoms with Gasteiger partial charge in [-0.2, -0.15) is 0 Å². The summed E-state index contributed by atoms with van der Waals surface area (Å²) in [4.78, 5) is 38.5. The molecule has 67 heavy (non-hydrogen) atoms. The molecule has 23 heteroatoms. The number of anilines is 2. The maximum absolute atomic E-state index is 13.5. The van der Waals surface area contributed by atoms with E-state index in [0.29, 0.717) is 11.1 Å². The number of allylic oxidation sites excluding steroid dienone is 2. The van der Waals surface area contributed by atoms with Crippen molar-refractivity contribution in [1.82, 2.24) is 19.9 Å². The Bertz CT molecular complexity index is 2490. The Kier molecular flexibility index (Phi) is 21.9. The summed E-state index contributed by atoms with van der Waals surface area (Å²) in [6, 6.07) is 10.4. The van der Waals surface area contributed by atoms with Gasteiger partial charge in [0.05, 0.1) is 46.4 Å². The normalized spacial score (nSPS) is 12.4. The van der Waals surface area contributed by atoms with Crippen LogP contribution in [0.4, 0.5) is 20.7 Å². The maximum atomic E-state index is 13.5. The van der Waals surface area contributed by atoms with Gasteiger partial charge in [-0.15, -0.1) is 0 Å². The van der Waals surface area contributed by atoms with Crippen LogP contribution >= 0.6 is 0 Å². The molecular weight excluding hydrogens is 947 g/mol. The summed E-state index contributed by atoms with van der Waals surface area (Å²) in [6.45, 7) is 7.09. The molecular formula is C44H54CaF2N6O12S2. The molecule has 2 aromatic carbocycles. The van der Waals surface area contributed by atoms with E-state index in [0.717, 1.165) is 21.1 Å². The van der Waals surface area contributed by atoms with E-state index in [1.807, 2.05) is 0 Å². The molecule has 2 aromatic heterocycles. The number of hydrogen-bond acceptors (Lipinski definition) is 16. The third kappa shape index (κ3) is 16.5. The van der Waals surface area contributed by atoms with E-state index in [9.17, 15) is 65.8 Å². The van der Waals surface area contributed by atoms with Crippen LogP contribution in [0.5, 0.6) is 0 Å². The topological polar surface area (TPSA) is 287 Å². The molecule has 0 aliphatic rings. The van der Waals surface area contributed by atoms with E-state index >= 15 is 0 Å². The Morgan fingerprint density at radius 1 is 0.567 bits per heavy atom. The second-order valence-corrected chi connectivity index (χ2v) is 19.8. The van der Waals surface area contributed by atoms with E-state index in [-0.39, 0.29) is 147 Å². The summed E-state index contributed by atoms with van der Waals surface area (Å²) in [5.74, 6) is -6.16. The number of carbonyl (C=O) groups excluding carboxylic acids is 2. The molecule has 4 rings (SSSR count). The Morgan fingerprint density at radius 2 is 0.851 bits per heavy atom. The number of halogens is 2. The third-order valence-electron chi connectivity index (χ3n) is 9.85. The standard InChI is InChI=1S/2C22H28FN3O6S.Ca/c2*1-13(2)19-18(21(30)16(27)7-5-6-8-17(28)29)20(14-9-11-15(23)12-10-14)25-22(24-19)26(3)33(4,31)32;/h2*9-13,27,30H,5-8H2,1-4H3,(H,28,29);/q;;+2/p-2. The van der Waals surface area contributed by atoms with Crippen LogP contribution in [0.25, 0.3) is 34.0 Å². The van der Waals surface area contributed by atoms with Crippen LogP contribution in [-0.2, 0) is 29.6 Å². The van der Waals surface area contributed by atoms with Crippen molar-refractivity contribution in [3.05, 3.63) is 94.2 Å². The molecule has 0 saturated heterocycles. The minimum atomic E-state index is -3.70. The summed E-state index contributed by atoms with van der Waals surface area (Å²) in [6.07, 6.45) is 2.66. The van der Waals surface area contributed by atoms with E-state index in [1.54, 1.807) is 27.7 Å². The molecule has 0 aliphatic heterocycles. The predicted molar refractivity (Wildman–Crippen MR) is 247 cm³/mol. The Morgan fingerprint density at radius 3 is 1.10 bits per heavy atom. The average molecular weight is 1000 g/mol. The molecule has 360 valence electrons. The monoisotopic (exact) mass is 1000 g/mol. The minimum absolute atomic E-state index is 0. The second-order valence-electron chi connectivity index (χ2n) is 15.8. The molecule has 0 aliphatic carbocycles. The van der Waals surface area contributed by atoms with Crippen molar-refractivity contribution in [2.75, 3.05) is 35.2 Å². The smallest absolute Gasteiger partial charge is 0.550 e. The molecule has 4 N–H and O–H groups in total. The number of unbranched alkanes of at least 4 members (excludes halogenated alkanes) is 2. The number of aliphatic hydroxyl groups is 4. The fourth-order valence-electron chi connectivity index (χ4n) is 6.09. The van der Waals surface area contributed by atoms with Crippen LogP contribution in [0, 0.1) is 11.6 Å². The molecule has 0 bridgehead atoms. The minimum Gasteiger partial charge on any atom is -0.550 e. The van der Waals surface area contributed by atoms with Crippen LogP contribution in [0.2, 0.25) is 0 Å².